The number of methoxy groups -OCH3 is 2. The second-order valence-corrected chi connectivity index (χ2v) is 7.51. The maximum absolute atomic E-state index is 12.8. The van der Waals surface area contributed by atoms with Gasteiger partial charge in [0.15, 0.2) is 18.1 Å². The first-order chi connectivity index (χ1) is 15.0. The highest BCUT2D eigenvalue weighted by Crippen LogP contribution is 2.36. The van der Waals surface area contributed by atoms with Crippen molar-refractivity contribution < 1.29 is 28.5 Å². The standard InChI is InChI=1S/C23H26ClNO6/c1-4-30-22-19(24)11-16(12-20(22)29-3)23(27)31-14-21(26)25(17-7-8-17)13-15-5-9-18(28-2)10-6-15/h5-6,9-12,17H,4,7-8,13-14H2,1-3H3. The second-order valence-electron chi connectivity index (χ2n) is 7.10. The Balaban J connectivity index is 1.64. The molecule has 1 amide bonds. The first-order valence-electron chi connectivity index (χ1n) is 10.1. The quantitative estimate of drug-likeness (QED) is 0.510. The Morgan fingerprint density at radius 3 is 2.39 bits per heavy atom. The lowest BCUT2D eigenvalue weighted by molar-refractivity contribution is -0.135. The van der Waals surface area contributed by atoms with Crippen LogP contribution in [0.4, 0.5) is 0 Å². The van der Waals surface area contributed by atoms with E-state index in [9.17, 15) is 9.59 Å². The summed E-state index contributed by atoms with van der Waals surface area (Å²) in [7, 11) is 3.07. The van der Waals surface area contributed by atoms with Gasteiger partial charge in [-0.1, -0.05) is 23.7 Å². The van der Waals surface area contributed by atoms with Gasteiger partial charge < -0.3 is 23.8 Å². The zero-order chi connectivity index (χ0) is 22.4. The molecule has 0 atom stereocenters. The Bertz CT molecular complexity index is 926. The summed E-state index contributed by atoms with van der Waals surface area (Å²) in [6, 6.07) is 10.6. The van der Waals surface area contributed by atoms with Crippen molar-refractivity contribution in [1.82, 2.24) is 4.90 Å². The zero-order valence-corrected chi connectivity index (χ0v) is 18.6. The fraction of sp³-hybridized carbons (Fsp3) is 0.391. The fourth-order valence-electron chi connectivity index (χ4n) is 3.15. The molecule has 1 saturated carbocycles. The first-order valence-corrected chi connectivity index (χ1v) is 10.4. The third-order valence-electron chi connectivity index (χ3n) is 4.90. The number of carbonyl (C=O) groups excluding carboxylic acids is 2. The molecular weight excluding hydrogens is 422 g/mol. The van der Waals surface area contributed by atoms with E-state index in [0.717, 1.165) is 24.2 Å². The average Bonchev–Trinajstić information content (AvgIpc) is 3.62. The van der Waals surface area contributed by atoms with Gasteiger partial charge in [0, 0.05) is 12.6 Å². The van der Waals surface area contributed by atoms with Crippen LogP contribution in [0.1, 0.15) is 35.7 Å². The van der Waals surface area contributed by atoms with E-state index >= 15 is 0 Å². The van der Waals surface area contributed by atoms with E-state index in [4.69, 9.17) is 30.5 Å². The highest BCUT2D eigenvalue weighted by atomic mass is 35.5. The predicted octanol–water partition coefficient (Wildman–Crippen LogP) is 4.10. The Labute approximate surface area is 186 Å². The Hall–Kier alpha value is -2.93. The van der Waals surface area contributed by atoms with Gasteiger partial charge in [-0.2, -0.15) is 0 Å². The smallest absolute Gasteiger partial charge is 0.338 e. The van der Waals surface area contributed by atoms with Crippen molar-refractivity contribution in [2.75, 3.05) is 27.4 Å². The number of nitrogens with zero attached hydrogens (tertiary/aromatic N) is 1. The molecule has 0 radical (unpaired) electrons. The molecule has 0 unspecified atom stereocenters. The first kappa shape index (κ1) is 22.7. The van der Waals surface area contributed by atoms with E-state index in [1.54, 1.807) is 12.0 Å². The van der Waals surface area contributed by atoms with Crippen LogP contribution in [0.5, 0.6) is 17.2 Å². The minimum Gasteiger partial charge on any atom is -0.497 e. The highest BCUT2D eigenvalue weighted by molar-refractivity contribution is 6.32. The predicted molar refractivity (Wildman–Crippen MR) is 116 cm³/mol. The second kappa shape index (κ2) is 10.4. The normalized spacial score (nSPS) is 12.8. The molecule has 1 aliphatic carbocycles. The SMILES string of the molecule is CCOc1c(Cl)cc(C(=O)OCC(=O)N(Cc2ccc(OC)cc2)C2CC2)cc1OC. The van der Waals surface area contributed by atoms with Gasteiger partial charge in [0.25, 0.3) is 5.91 Å². The highest BCUT2D eigenvalue weighted by Gasteiger charge is 2.33. The van der Waals surface area contributed by atoms with E-state index in [2.05, 4.69) is 0 Å². The summed E-state index contributed by atoms with van der Waals surface area (Å²) < 4.78 is 21.1. The number of rotatable bonds is 10. The lowest BCUT2D eigenvalue weighted by atomic mass is 10.2. The number of ether oxygens (including phenoxy) is 4. The largest absolute Gasteiger partial charge is 0.497 e. The molecule has 1 aliphatic rings. The summed E-state index contributed by atoms with van der Waals surface area (Å²) in [5, 5.41) is 0.235. The van der Waals surface area contributed by atoms with Crippen LogP contribution in [0, 0.1) is 0 Å². The van der Waals surface area contributed by atoms with Crippen molar-refractivity contribution in [1.29, 1.82) is 0 Å². The molecule has 0 heterocycles. The average molecular weight is 448 g/mol. The Morgan fingerprint density at radius 2 is 1.81 bits per heavy atom. The molecule has 1 fully saturated rings. The summed E-state index contributed by atoms with van der Waals surface area (Å²) in [5.41, 5.74) is 1.17. The third kappa shape index (κ3) is 5.82. The molecule has 0 bridgehead atoms. The van der Waals surface area contributed by atoms with Crippen molar-refractivity contribution >= 4 is 23.5 Å². The molecule has 7 nitrogen and oxygen atoms in total. The zero-order valence-electron chi connectivity index (χ0n) is 17.9. The van der Waals surface area contributed by atoms with Crippen molar-refractivity contribution in [3.8, 4) is 17.2 Å². The van der Waals surface area contributed by atoms with Gasteiger partial charge in [0.05, 0.1) is 31.4 Å². The van der Waals surface area contributed by atoms with Crippen LogP contribution >= 0.6 is 11.6 Å². The van der Waals surface area contributed by atoms with Crippen molar-refractivity contribution in [3.63, 3.8) is 0 Å². The summed E-state index contributed by atoms with van der Waals surface area (Å²) >= 11 is 6.21. The number of amides is 1. The number of hydrogen-bond donors (Lipinski definition) is 0. The third-order valence-corrected chi connectivity index (χ3v) is 5.18. The van der Waals surface area contributed by atoms with Crippen LogP contribution in [-0.4, -0.2) is 50.3 Å². The van der Waals surface area contributed by atoms with Gasteiger partial charge >= 0.3 is 5.97 Å². The minimum atomic E-state index is -0.656. The molecule has 0 saturated heterocycles. The molecular formula is C23H26ClNO6. The summed E-state index contributed by atoms with van der Waals surface area (Å²) in [4.78, 5) is 27.0. The van der Waals surface area contributed by atoms with E-state index < -0.39 is 5.97 Å². The van der Waals surface area contributed by atoms with Crippen molar-refractivity contribution in [2.45, 2.75) is 32.4 Å². The molecule has 0 spiro atoms. The fourth-order valence-corrected chi connectivity index (χ4v) is 3.42. The minimum absolute atomic E-state index is 0.174. The number of halogens is 1. The molecule has 3 rings (SSSR count). The Kier molecular flexibility index (Phi) is 7.63. The van der Waals surface area contributed by atoms with Crippen LogP contribution in [-0.2, 0) is 16.1 Å². The van der Waals surface area contributed by atoms with Crippen LogP contribution in [0.2, 0.25) is 5.02 Å². The Morgan fingerprint density at radius 1 is 1.10 bits per heavy atom. The number of carbonyl (C=O) groups is 2. The van der Waals surface area contributed by atoms with Gasteiger partial charge in [0.1, 0.15) is 5.75 Å². The summed E-state index contributed by atoms with van der Waals surface area (Å²) in [6.45, 7) is 2.33. The van der Waals surface area contributed by atoms with E-state index in [1.165, 1.54) is 19.2 Å². The lowest BCUT2D eigenvalue weighted by Gasteiger charge is -2.22. The van der Waals surface area contributed by atoms with Crippen LogP contribution < -0.4 is 14.2 Å². The van der Waals surface area contributed by atoms with Gasteiger partial charge in [-0.15, -0.1) is 0 Å². The molecule has 0 N–H and O–H groups in total. The van der Waals surface area contributed by atoms with Crippen molar-refractivity contribution in [2.24, 2.45) is 0 Å². The monoisotopic (exact) mass is 447 g/mol. The molecule has 0 aliphatic heterocycles. The molecule has 31 heavy (non-hydrogen) atoms. The number of benzene rings is 2. The van der Waals surface area contributed by atoms with Gasteiger partial charge in [-0.05, 0) is 49.6 Å². The maximum atomic E-state index is 12.8. The van der Waals surface area contributed by atoms with Crippen LogP contribution in [0.3, 0.4) is 0 Å². The molecule has 0 aromatic heterocycles. The van der Waals surface area contributed by atoms with E-state index in [1.807, 2.05) is 31.2 Å². The van der Waals surface area contributed by atoms with Gasteiger partial charge in [-0.25, -0.2) is 4.79 Å². The molecule has 8 heteroatoms. The number of esters is 1. The topological polar surface area (TPSA) is 74.3 Å². The van der Waals surface area contributed by atoms with Crippen molar-refractivity contribution in [3.05, 3.63) is 52.5 Å². The molecule has 2 aromatic rings. The molecule has 166 valence electrons. The van der Waals surface area contributed by atoms with E-state index in [0.29, 0.717) is 24.7 Å². The van der Waals surface area contributed by atoms with Gasteiger partial charge in [-0.3, -0.25) is 4.79 Å². The summed E-state index contributed by atoms with van der Waals surface area (Å²) in [6.07, 6.45) is 1.89. The maximum Gasteiger partial charge on any atom is 0.338 e. The van der Waals surface area contributed by atoms with Gasteiger partial charge in [0.2, 0.25) is 0 Å². The lowest BCUT2D eigenvalue weighted by Crippen LogP contribution is -2.36. The van der Waals surface area contributed by atoms with Crippen LogP contribution in [0.15, 0.2) is 36.4 Å². The van der Waals surface area contributed by atoms with Crippen LogP contribution in [0.25, 0.3) is 0 Å². The van der Waals surface area contributed by atoms with E-state index in [-0.39, 0.29) is 29.1 Å². The summed E-state index contributed by atoms with van der Waals surface area (Å²) in [5.74, 6) is 0.546. The molecule has 2 aromatic carbocycles. The number of hydrogen-bond acceptors (Lipinski definition) is 6.